The number of rotatable bonds is 5. The molecule has 1 fully saturated rings. The molecule has 1 aromatic carbocycles. The number of aromatic nitrogens is 3. The summed E-state index contributed by atoms with van der Waals surface area (Å²) in [6, 6.07) is 3.80. The van der Waals surface area contributed by atoms with Gasteiger partial charge >= 0.3 is 5.97 Å². The predicted molar refractivity (Wildman–Crippen MR) is 73.7 cm³/mol. The number of carbonyl (C=O) groups is 1. The second-order valence-electron chi connectivity index (χ2n) is 4.75. The summed E-state index contributed by atoms with van der Waals surface area (Å²) in [6.45, 7) is 0. The first kappa shape index (κ1) is 13.9. The number of benzene rings is 1. The molecule has 0 aliphatic heterocycles. The highest BCUT2D eigenvalue weighted by atomic mass is 32.2. The lowest BCUT2D eigenvalue weighted by atomic mass is 10.2. The number of hydrogen-bond donors (Lipinski definition) is 2. The molecule has 1 heterocycles. The van der Waals surface area contributed by atoms with Crippen LogP contribution in [-0.2, 0) is 4.79 Å². The van der Waals surface area contributed by atoms with Gasteiger partial charge < -0.3 is 10.2 Å². The first-order valence-electron chi connectivity index (χ1n) is 6.34. The maximum Gasteiger partial charge on any atom is 0.313 e. The fourth-order valence-corrected chi connectivity index (χ4v) is 2.76. The smallest absolute Gasteiger partial charge is 0.313 e. The van der Waals surface area contributed by atoms with Crippen molar-refractivity contribution < 1.29 is 19.4 Å². The minimum atomic E-state index is -0.944. The van der Waals surface area contributed by atoms with Crippen molar-refractivity contribution in [2.24, 2.45) is 0 Å². The largest absolute Gasteiger partial charge is 0.507 e. The molecule has 2 aromatic rings. The number of hydrogen-bond acceptors (Lipinski definition) is 5. The Morgan fingerprint density at radius 3 is 2.86 bits per heavy atom. The lowest BCUT2D eigenvalue weighted by Gasteiger charge is -2.09. The number of phenolic OH excluding ortho intramolecular Hbond substituents is 1. The van der Waals surface area contributed by atoms with E-state index in [0.29, 0.717) is 11.0 Å². The van der Waals surface area contributed by atoms with Crippen molar-refractivity contribution in [2.45, 2.75) is 24.0 Å². The molecule has 21 heavy (non-hydrogen) atoms. The molecule has 0 bridgehead atoms. The van der Waals surface area contributed by atoms with E-state index in [1.807, 2.05) is 0 Å². The first-order valence-corrected chi connectivity index (χ1v) is 7.33. The third-order valence-electron chi connectivity index (χ3n) is 3.10. The molecule has 6 nitrogen and oxygen atoms in total. The second kappa shape index (κ2) is 5.36. The SMILES string of the molecule is O=C(O)CSc1nnc(-c2cc(F)ccc2O)n1C1CC1. The van der Waals surface area contributed by atoms with Gasteiger partial charge in [0, 0.05) is 6.04 Å². The molecule has 1 aromatic heterocycles. The molecular formula is C13H12FN3O3S. The van der Waals surface area contributed by atoms with Crippen molar-refractivity contribution in [3.63, 3.8) is 0 Å². The Labute approximate surface area is 123 Å². The zero-order chi connectivity index (χ0) is 15.0. The van der Waals surface area contributed by atoms with Crippen molar-refractivity contribution in [3.8, 4) is 17.1 Å². The van der Waals surface area contributed by atoms with Crippen LogP contribution < -0.4 is 0 Å². The lowest BCUT2D eigenvalue weighted by Crippen LogP contribution is -2.03. The summed E-state index contributed by atoms with van der Waals surface area (Å²) in [5.41, 5.74) is 0.261. The summed E-state index contributed by atoms with van der Waals surface area (Å²) in [6.07, 6.45) is 1.86. The molecule has 0 radical (unpaired) electrons. The quantitative estimate of drug-likeness (QED) is 0.824. The van der Waals surface area contributed by atoms with Gasteiger partial charge in [0.05, 0.1) is 11.3 Å². The van der Waals surface area contributed by atoms with E-state index in [1.54, 1.807) is 4.57 Å². The van der Waals surface area contributed by atoms with Crippen LogP contribution in [-0.4, -0.2) is 36.7 Å². The maximum atomic E-state index is 13.4. The molecule has 1 aliphatic rings. The second-order valence-corrected chi connectivity index (χ2v) is 5.69. The fourth-order valence-electron chi connectivity index (χ4n) is 2.03. The molecule has 0 spiro atoms. The molecular weight excluding hydrogens is 297 g/mol. The lowest BCUT2D eigenvalue weighted by molar-refractivity contribution is -0.133. The highest BCUT2D eigenvalue weighted by molar-refractivity contribution is 7.99. The van der Waals surface area contributed by atoms with Crippen LogP contribution in [0.5, 0.6) is 5.75 Å². The molecule has 0 unspecified atom stereocenters. The summed E-state index contributed by atoms with van der Waals surface area (Å²) in [4.78, 5) is 10.7. The van der Waals surface area contributed by atoms with Gasteiger partial charge in [0.1, 0.15) is 11.6 Å². The minimum absolute atomic E-state index is 0.0829. The average Bonchev–Trinajstić information content (AvgIpc) is 3.19. The first-order chi connectivity index (χ1) is 10.1. The number of halogens is 1. The number of aliphatic carboxylic acids is 1. The summed E-state index contributed by atoms with van der Waals surface area (Å²) >= 11 is 1.06. The number of nitrogens with zero attached hydrogens (tertiary/aromatic N) is 3. The zero-order valence-corrected chi connectivity index (χ0v) is 11.7. The van der Waals surface area contributed by atoms with Gasteiger partial charge in [0.15, 0.2) is 11.0 Å². The number of thioether (sulfide) groups is 1. The highest BCUT2D eigenvalue weighted by Crippen LogP contribution is 2.42. The zero-order valence-electron chi connectivity index (χ0n) is 10.9. The van der Waals surface area contributed by atoms with Crippen LogP contribution in [0.2, 0.25) is 0 Å². The number of phenols is 1. The van der Waals surface area contributed by atoms with Gasteiger partial charge in [-0.05, 0) is 31.0 Å². The number of carboxylic acids is 1. The van der Waals surface area contributed by atoms with Gasteiger partial charge in [-0.2, -0.15) is 0 Å². The summed E-state index contributed by atoms with van der Waals surface area (Å²) in [5, 5.41) is 27.1. The third-order valence-corrected chi connectivity index (χ3v) is 4.03. The van der Waals surface area contributed by atoms with Gasteiger partial charge in [-0.15, -0.1) is 10.2 Å². The highest BCUT2D eigenvalue weighted by Gasteiger charge is 2.31. The van der Waals surface area contributed by atoms with Crippen LogP contribution in [0.4, 0.5) is 4.39 Å². The van der Waals surface area contributed by atoms with E-state index in [4.69, 9.17) is 5.11 Å². The molecule has 110 valence electrons. The van der Waals surface area contributed by atoms with Crippen LogP contribution in [0.25, 0.3) is 11.4 Å². The predicted octanol–water partition coefficient (Wildman–Crippen LogP) is 2.30. The topological polar surface area (TPSA) is 88.2 Å². The molecule has 1 aliphatic carbocycles. The van der Waals surface area contributed by atoms with Crippen molar-refractivity contribution in [3.05, 3.63) is 24.0 Å². The van der Waals surface area contributed by atoms with Crippen molar-refractivity contribution in [2.75, 3.05) is 5.75 Å². The van der Waals surface area contributed by atoms with E-state index in [-0.39, 0.29) is 23.1 Å². The maximum absolute atomic E-state index is 13.4. The Morgan fingerprint density at radius 1 is 1.43 bits per heavy atom. The molecule has 2 N–H and O–H groups in total. The van der Waals surface area contributed by atoms with E-state index in [1.165, 1.54) is 12.1 Å². The molecule has 0 atom stereocenters. The standard InChI is InChI=1S/C13H12FN3O3S/c14-7-1-4-10(18)9(5-7)12-15-16-13(21-6-11(19)20)17(12)8-2-3-8/h1,4-5,8,18H,2-3,6H2,(H,19,20). The molecule has 3 rings (SSSR count). The Hall–Kier alpha value is -2.09. The molecule has 0 saturated heterocycles. The Bertz CT molecular complexity index is 700. The Balaban J connectivity index is 2.02. The molecule has 0 amide bonds. The van der Waals surface area contributed by atoms with E-state index in [9.17, 15) is 14.3 Å². The van der Waals surface area contributed by atoms with E-state index < -0.39 is 11.8 Å². The van der Waals surface area contributed by atoms with E-state index in [2.05, 4.69) is 10.2 Å². The fraction of sp³-hybridized carbons (Fsp3) is 0.308. The van der Waals surface area contributed by atoms with Crippen molar-refractivity contribution in [1.29, 1.82) is 0 Å². The average molecular weight is 309 g/mol. The van der Waals surface area contributed by atoms with E-state index >= 15 is 0 Å². The summed E-state index contributed by atoms with van der Waals surface area (Å²) in [7, 11) is 0. The third kappa shape index (κ3) is 2.85. The van der Waals surface area contributed by atoms with Crippen LogP contribution in [0.15, 0.2) is 23.4 Å². The Morgan fingerprint density at radius 2 is 2.19 bits per heavy atom. The number of carboxylic acid groups (broad SMARTS) is 1. The van der Waals surface area contributed by atoms with Crippen LogP contribution >= 0.6 is 11.8 Å². The van der Waals surface area contributed by atoms with Crippen molar-refractivity contribution in [1.82, 2.24) is 14.8 Å². The molecule has 1 saturated carbocycles. The molecule has 8 heteroatoms. The monoisotopic (exact) mass is 309 g/mol. The van der Waals surface area contributed by atoms with Crippen LogP contribution in [0.1, 0.15) is 18.9 Å². The Kier molecular flexibility index (Phi) is 3.54. The van der Waals surface area contributed by atoms with Gasteiger partial charge in [-0.1, -0.05) is 11.8 Å². The van der Waals surface area contributed by atoms with Gasteiger partial charge in [0.25, 0.3) is 0 Å². The van der Waals surface area contributed by atoms with Gasteiger partial charge in [-0.25, -0.2) is 4.39 Å². The minimum Gasteiger partial charge on any atom is -0.507 e. The van der Waals surface area contributed by atoms with Crippen molar-refractivity contribution >= 4 is 17.7 Å². The number of aromatic hydroxyl groups is 1. The van der Waals surface area contributed by atoms with E-state index in [0.717, 1.165) is 30.7 Å². The van der Waals surface area contributed by atoms with Crippen LogP contribution in [0, 0.1) is 5.82 Å². The normalized spacial score (nSPS) is 14.3. The van der Waals surface area contributed by atoms with Gasteiger partial charge in [-0.3, -0.25) is 9.36 Å². The van der Waals surface area contributed by atoms with Gasteiger partial charge in [0.2, 0.25) is 0 Å². The van der Waals surface area contributed by atoms with Crippen LogP contribution in [0.3, 0.4) is 0 Å². The summed E-state index contributed by atoms with van der Waals surface area (Å²) < 4.78 is 15.2. The summed E-state index contributed by atoms with van der Waals surface area (Å²) in [5.74, 6) is -1.27.